The van der Waals surface area contributed by atoms with Crippen LogP contribution in [0.1, 0.15) is 23.4 Å². The van der Waals surface area contributed by atoms with Gasteiger partial charge in [-0.3, -0.25) is 4.68 Å². The van der Waals surface area contributed by atoms with Gasteiger partial charge in [-0.25, -0.2) is 0 Å². The van der Waals surface area contributed by atoms with E-state index >= 15 is 0 Å². The largest absolute Gasteiger partial charge is 0.361 e. The minimum absolute atomic E-state index is 0.491. The predicted molar refractivity (Wildman–Crippen MR) is 76.6 cm³/mol. The third kappa shape index (κ3) is 2.56. The highest BCUT2D eigenvalue weighted by atomic mass is 16.5. The van der Waals surface area contributed by atoms with Crippen molar-refractivity contribution in [3.63, 3.8) is 0 Å². The van der Waals surface area contributed by atoms with E-state index in [1.54, 1.807) is 0 Å². The molecule has 3 heterocycles. The van der Waals surface area contributed by atoms with Crippen molar-refractivity contribution >= 4 is 5.82 Å². The topological polar surface area (TPSA) is 59.1 Å². The second-order valence-corrected chi connectivity index (χ2v) is 5.46. The van der Waals surface area contributed by atoms with Gasteiger partial charge in [0.2, 0.25) is 0 Å². The van der Waals surface area contributed by atoms with Crippen LogP contribution >= 0.6 is 0 Å². The van der Waals surface area contributed by atoms with Crippen LogP contribution in [0.2, 0.25) is 0 Å². The molecule has 6 nitrogen and oxygen atoms in total. The zero-order chi connectivity index (χ0) is 14.1. The van der Waals surface area contributed by atoms with Gasteiger partial charge in [0.1, 0.15) is 5.76 Å². The molecule has 6 heteroatoms. The van der Waals surface area contributed by atoms with Crippen LogP contribution in [0.5, 0.6) is 0 Å². The van der Waals surface area contributed by atoms with Crippen LogP contribution in [0, 0.1) is 13.8 Å². The molecule has 1 atom stereocenters. The lowest BCUT2D eigenvalue weighted by atomic mass is 10.2. The van der Waals surface area contributed by atoms with Crippen molar-refractivity contribution in [3.05, 3.63) is 29.3 Å². The molecule has 1 aliphatic heterocycles. The first-order valence-electron chi connectivity index (χ1n) is 7.03. The fourth-order valence-electron chi connectivity index (χ4n) is 2.71. The summed E-state index contributed by atoms with van der Waals surface area (Å²) >= 11 is 0. The van der Waals surface area contributed by atoms with E-state index < -0.39 is 0 Å². The fourth-order valence-corrected chi connectivity index (χ4v) is 2.71. The Bertz CT molecular complexity index is 569. The summed E-state index contributed by atoms with van der Waals surface area (Å²) in [6.07, 6.45) is 3.12. The van der Waals surface area contributed by atoms with Crippen LogP contribution in [0.4, 0.5) is 5.82 Å². The third-order valence-corrected chi connectivity index (χ3v) is 3.96. The monoisotopic (exact) mass is 275 g/mol. The summed E-state index contributed by atoms with van der Waals surface area (Å²) in [7, 11) is 1.95. The predicted octanol–water partition coefficient (Wildman–Crippen LogP) is 1.39. The van der Waals surface area contributed by atoms with Gasteiger partial charge in [0.25, 0.3) is 0 Å². The molecule has 1 N–H and O–H groups in total. The molecular weight excluding hydrogens is 254 g/mol. The molecule has 0 bridgehead atoms. The van der Waals surface area contributed by atoms with E-state index in [4.69, 9.17) is 4.52 Å². The number of hydrogen-bond donors (Lipinski definition) is 1. The zero-order valence-electron chi connectivity index (χ0n) is 12.3. The van der Waals surface area contributed by atoms with E-state index in [9.17, 15) is 0 Å². The molecule has 1 fully saturated rings. The van der Waals surface area contributed by atoms with Gasteiger partial charge in [0.15, 0.2) is 5.82 Å². The highest BCUT2D eigenvalue weighted by Gasteiger charge is 2.24. The molecule has 3 rings (SSSR count). The average molecular weight is 275 g/mol. The van der Waals surface area contributed by atoms with Crippen LogP contribution < -0.4 is 10.2 Å². The second-order valence-electron chi connectivity index (χ2n) is 5.46. The molecular formula is C14H21N5O. The zero-order valence-corrected chi connectivity index (χ0v) is 12.3. The standard InChI is InChI=1S/C14H21N5O/c1-10-13(11(2)20-17-10)8-15-12-4-7-19(9-12)14-5-6-18(3)16-14/h5-6,12,15H,4,7-9H2,1-3H3. The van der Waals surface area contributed by atoms with Gasteiger partial charge >= 0.3 is 0 Å². The van der Waals surface area contributed by atoms with Crippen molar-refractivity contribution in [1.29, 1.82) is 0 Å². The summed E-state index contributed by atoms with van der Waals surface area (Å²) in [6.45, 7) is 6.83. The molecule has 20 heavy (non-hydrogen) atoms. The molecule has 2 aromatic rings. The normalized spacial score (nSPS) is 18.9. The van der Waals surface area contributed by atoms with Gasteiger partial charge in [-0.15, -0.1) is 0 Å². The first-order chi connectivity index (χ1) is 9.63. The van der Waals surface area contributed by atoms with Gasteiger partial charge in [-0.1, -0.05) is 5.16 Å². The Labute approximate surface area is 118 Å². The Morgan fingerprint density at radius 3 is 2.95 bits per heavy atom. The summed E-state index contributed by atoms with van der Waals surface area (Å²) in [4.78, 5) is 2.32. The first-order valence-corrected chi connectivity index (χ1v) is 7.03. The lowest BCUT2D eigenvalue weighted by Gasteiger charge is -2.16. The lowest BCUT2D eigenvalue weighted by molar-refractivity contribution is 0.391. The van der Waals surface area contributed by atoms with Crippen molar-refractivity contribution in [1.82, 2.24) is 20.3 Å². The van der Waals surface area contributed by atoms with Gasteiger partial charge < -0.3 is 14.7 Å². The van der Waals surface area contributed by atoms with Gasteiger partial charge in [0, 0.05) is 50.6 Å². The highest BCUT2D eigenvalue weighted by molar-refractivity contribution is 5.38. The smallest absolute Gasteiger partial charge is 0.150 e. The Balaban J connectivity index is 1.56. The Kier molecular flexibility index (Phi) is 3.48. The molecule has 0 aromatic carbocycles. The van der Waals surface area contributed by atoms with E-state index in [1.807, 2.05) is 31.8 Å². The van der Waals surface area contributed by atoms with Crippen molar-refractivity contribution < 1.29 is 4.52 Å². The maximum absolute atomic E-state index is 5.19. The first kappa shape index (κ1) is 13.2. The number of anilines is 1. The van der Waals surface area contributed by atoms with Crippen LogP contribution in [-0.2, 0) is 13.6 Å². The third-order valence-electron chi connectivity index (χ3n) is 3.96. The van der Waals surface area contributed by atoms with E-state index in [2.05, 4.69) is 26.5 Å². The van der Waals surface area contributed by atoms with Gasteiger partial charge in [-0.05, 0) is 20.3 Å². The summed E-state index contributed by atoms with van der Waals surface area (Å²) < 4.78 is 7.04. The minimum atomic E-state index is 0.491. The van der Waals surface area contributed by atoms with E-state index in [0.717, 1.165) is 43.3 Å². The second kappa shape index (κ2) is 5.28. The van der Waals surface area contributed by atoms with E-state index in [0.29, 0.717) is 6.04 Å². The van der Waals surface area contributed by atoms with Crippen LogP contribution in [0.25, 0.3) is 0 Å². The Morgan fingerprint density at radius 1 is 1.45 bits per heavy atom. The van der Waals surface area contributed by atoms with Gasteiger partial charge in [-0.2, -0.15) is 5.10 Å². The van der Waals surface area contributed by atoms with Crippen LogP contribution in [0.3, 0.4) is 0 Å². The van der Waals surface area contributed by atoms with Crippen LogP contribution in [-0.4, -0.2) is 34.1 Å². The number of aromatic nitrogens is 3. The van der Waals surface area contributed by atoms with Crippen molar-refractivity contribution in [2.75, 3.05) is 18.0 Å². The van der Waals surface area contributed by atoms with E-state index in [1.165, 1.54) is 5.56 Å². The van der Waals surface area contributed by atoms with Gasteiger partial charge in [0.05, 0.1) is 5.69 Å². The molecule has 0 saturated carbocycles. The molecule has 0 radical (unpaired) electrons. The molecule has 1 unspecified atom stereocenters. The number of rotatable bonds is 4. The van der Waals surface area contributed by atoms with E-state index in [-0.39, 0.29) is 0 Å². The highest BCUT2D eigenvalue weighted by Crippen LogP contribution is 2.19. The summed E-state index contributed by atoms with van der Waals surface area (Å²) in [5.41, 5.74) is 2.16. The lowest BCUT2D eigenvalue weighted by Crippen LogP contribution is -2.32. The minimum Gasteiger partial charge on any atom is -0.361 e. The number of nitrogens with zero attached hydrogens (tertiary/aromatic N) is 4. The summed E-state index contributed by atoms with van der Waals surface area (Å²) in [6, 6.07) is 2.56. The Hall–Kier alpha value is -1.82. The maximum Gasteiger partial charge on any atom is 0.150 e. The quantitative estimate of drug-likeness (QED) is 0.914. The number of hydrogen-bond acceptors (Lipinski definition) is 5. The molecule has 1 aliphatic rings. The van der Waals surface area contributed by atoms with Crippen molar-refractivity contribution in [2.24, 2.45) is 7.05 Å². The average Bonchev–Trinajstić information content (AvgIpc) is 3.10. The molecule has 0 amide bonds. The molecule has 1 saturated heterocycles. The molecule has 0 spiro atoms. The summed E-state index contributed by atoms with van der Waals surface area (Å²) in [5.74, 6) is 1.98. The van der Waals surface area contributed by atoms with Crippen LogP contribution in [0.15, 0.2) is 16.8 Å². The number of nitrogens with one attached hydrogen (secondary N) is 1. The van der Waals surface area contributed by atoms with Crippen molar-refractivity contribution in [2.45, 2.75) is 32.9 Å². The fraction of sp³-hybridized carbons (Fsp3) is 0.571. The molecule has 0 aliphatic carbocycles. The maximum atomic E-state index is 5.19. The molecule has 2 aromatic heterocycles. The Morgan fingerprint density at radius 2 is 2.30 bits per heavy atom. The number of aryl methyl sites for hydroxylation is 3. The summed E-state index contributed by atoms with van der Waals surface area (Å²) in [5, 5.41) is 12.0. The van der Waals surface area contributed by atoms with Crippen molar-refractivity contribution in [3.8, 4) is 0 Å². The molecule has 108 valence electrons. The SMILES string of the molecule is Cc1noc(C)c1CNC1CCN(c2ccn(C)n2)C1.